The molecule has 0 heterocycles. The van der Waals surface area contributed by atoms with E-state index < -0.39 is 0 Å². The van der Waals surface area contributed by atoms with Crippen molar-refractivity contribution in [3.8, 4) is 5.75 Å². The van der Waals surface area contributed by atoms with Crippen LogP contribution in [0.1, 0.15) is 13.8 Å². The zero-order valence-electron chi connectivity index (χ0n) is 8.42. The molecule has 14 heavy (non-hydrogen) atoms. The zero-order chi connectivity index (χ0) is 10.4. The highest BCUT2D eigenvalue weighted by atomic mass is 35.5. The van der Waals surface area contributed by atoms with Gasteiger partial charge in [-0.2, -0.15) is 0 Å². The first-order valence-electron chi connectivity index (χ1n) is 4.60. The molecule has 0 atom stereocenters. The summed E-state index contributed by atoms with van der Waals surface area (Å²) in [6.45, 7) is 5.06. The fourth-order valence-electron chi connectivity index (χ4n) is 0.942. The number of hydrogen-bond acceptors (Lipinski definition) is 2. The van der Waals surface area contributed by atoms with Crippen molar-refractivity contribution in [2.45, 2.75) is 20.0 Å². The molecule has 0 saturated carbocycles. The summed E-state index contributed by atoms with van der Waals surface area (Å²) in [6.07, 6.45) is 0.233. The van der Waals surface area contributed by atoms with E-state index in [0.29, 0.717) is 24.0 Å². The van der Waals surface area contributed by atoms with Crippen molar-refractivity contribution in [1.82, 2.24) is 0 Å². The first-order valence-corrected chi connectivity index (χ1v) is 4.98. The predicted molar refractivity (Wildman–Crippen MR) is 56.9 cm³/mol. The number of rotatable bonds is 5. The van der Waals surface area contributed by atoms with Gasteiger partial charge in [-0.25, -0.2) is 0 Å². The van der Waals surface area contributed by atoms with Gasteiger partial charge in [0.25, 0.3) is 0 Å². The Balaban J connectivity index is 2.28. The molecule has 3 heteroatoms. The Labute approximate surface area is 89.8 Å². The van der Waals surface area contributed by atoms with Crippen LogP contribution in [0.5, 0.6) is 5.75 Å². The molecule has 0 saturated heterocycles. The molecule has 0 bridgehead atoms. The molecule has 1 radical (unpaired) electrons. The Morgan fingerprint density at radius 3 is 2.86 bits per heavy atom. The summed E-state index contributed by atoms with van der Waals surface area (Å²) in [7, 11) is 0. The van der Waals surface area contributed by atoms with Crippen molar-refractivity contribution in [2.24, 2.45) is 0 Å². The molecule has 0 aliphatic rings. The first kappa shape index (κ1) is 11.3. The molecule has 2 nitrogen and oxygen atoms in total. The van der Waals surface area contributed by atoms with Gasteiger partial charge in [0.2, 0.25) is 0 Å². The zero-order valence-corrected chi connectivity index (χ0v) is 9.17. The van der Waals surface area contributed by atoms with Crippen LogP contribution in [0.3, 0.4) is 0 Å². The molecule has 0 fully saturated rings. The fourth-order valence-corrected chi connectivity index (χ4v) is 1.11. The molecule has 0 N–H and O–H groups in total. The summed E-state index contributed by atoms with van der Waals surface area (Å²) in [5.41, 5.74) is 0. The Bertz CT molecular complexity index is 274. The molecule has 0 aromatic heterocycles. The van der Waals surface area contributed by atoms with Crippen molar-refractivity contribution in [3.63, 3.8) is 0 Å². The number of benzene rings is 1. The van der Waals surface area contributed by atoms with Crippen LogP contribution in [0.15, 0.2) is 18.2 Å². The van der Waals surface area contributed by atoms with E-state index in [0.717, 1.165) is 0 Å². The van der Waals surface area contributed by atoms with Crippen LogP contribution < -0.4 is 4.74 Å². The molecule has 0 unspecified atom stereocenters. The van der Waals surface area contributed by atoms with Gasteiger partial charge in [0.05, 0.1) is 17.7 Å². The average molecular weight is 214 g/mol. The molecule has 77 valence electrons. The third-order valence-electron chi connectivity index (χ3n) is 1.57. The van der Waals surface area contributed by atoms with Crippen LogP contribution >= 0.6 is 11.6 Å². The Hall–Kier alpha value is -0.730. The average Bonchev–Trinajstić information content (AvgIpc) is 2.15. The van der Waals surface area contributed by atoms with Crippen LogP contribution in [0.25, 0.3) is 0 Å². The second-order valence-corrected chi connectivity index (χ2v) is 3.53. The van der Waals surface area contributed by atoms with Crippen molar-refractivity contribution < 1.29 is 9.47 Å². The summed E-state index contributed by atoms with van der Waals surface area (Å²) >= 11 is 5.88. The van der Waals surface area contributed by atoms with E-state index in [4.69, 9.17) is 21.1 Å². The SMILES string of the molecule is CC(C)OCCOc1c[c]ccc1Cl. The predicted octanol–water partition coefficient (Wildman–Crippen LogP) is 2.94. The minimum Gasteiger partial charge on any atom is -0.490 e. The maximum atomic E-state index is 5.88. The summed E-state index contributed by atoms with van der Waals surface area (Å²) in [5, 5.41) is 0.605. The molecular weight excluding hydrogens is 200 g/mol. The summed E-state index contributed by atoms with van der Waals surface area (Å²) < 4.78 is 10.7. The van der Waals surface area contributed by atoms with E-state index in [2.05, 4.69) is 6.07 Å². The summed E-state index contributed by atoms with van der Waals surface area (Å²) in [4.78, 5) is 0. The van der Waals surface area contributed by atoms with Crippen molar-refractivity contribution in [2.75, 3.05) is 13.2 Å². The highest BCUT2D eigenvalue weighted by molar-refractivity contribution is 6.32. The van der Waals surface area contributed by atoms with Gasteiger partial charge in [0.1, 0.15) is 12.4 Å². The molecule has 1 rings (SSSR count). The van der Waals surface area contributed by atoms with Crippen molar-refractivity contribution >= 4 is 11.6 Å². The molecule has 1 aromatic rings. The van der Waals surface area contributed by atoms with Gasteiger partial charge in [0, 0.05) is 0 Å². The maximum absolute atomic E-state index is 5.88. The quantitative estimate of drug-likeness (QED) is 0.701. The lowest BCUT2D eigenvalue weighted by Crippen LogP contribution is -2.11. The minimum absolute atomic E-state index is 0.233. The number of ether oxygens (including phenoxy) is 2. The van der Waals surface area contributed by atoms with E-state index in [1.165, 1.54) is 0 Å². The van der Waals surface area contributed by atoms with Gasteiger partial charge in [0.15, 0.2) is 0 Å². The summed E-state index contributed by atoms with van der Waals surface area (Å²) in [6, 6.07) is 8.12. The maximum Gasteiger partial charge on any atom is 0.138 e. The Morgan fingerprint density at radius 2 is 2.21 bits per heavy atom. The topological polar surface area (TPSA) is 18.5 Å². The lowest BCUT2D eigenvalue weighted by Gasteiger charge is -2.09. The molecule has 0 aliphatic heterocycles. The highest BCUT2D eigenvalue weighted by Crippen LogP contribution is 2.22. The fraction of sp³-hybridized carbons (Fsp3) is 0.455. The van der Waals surface area contributed by atoms with Crippen LogP contribution in [0.2, 0.25) is 5.02 Å². The first-order chi connectivity index (χ1) is 6.70. The highest BCUT2D eigenvalue weighted by Gasteiger charge is 1.99. The van der Waals surface area contributed by atoms with E-state index in [1.807, 2.05) is 13.8 Å². The second-order valence-electron chi connectivity index (χ2n) is 3.12. The summed E-state index contributed by atoms with van der Waals surface area (Å²) in [5.74, 6) is 0.654. The molecule has 0 amide bonds. The largest absolute Gasteiger partial charge is 0.490 e. The lowest BCUT2D eigenvalue weighted by molar-refractivity contribution is 0.0553. The third-order valence-corrected chi connectivity index (χ3v) is 1.88. The smallest absolute Gasteiger partial charge is 0.138 e. The second kappa shape index (κ2) is 5.89. The van der Waals surface area contributed by atoms with E-state index in [-0.39, 0.29) is 6.10 Å². The van der Waals surface area contributed by atoms with Crippen LogP contribution in [0.4, 0.5) is 0 Å². The Morgan fingerprint density at radius 1 is 1.43 bits per heavy atom. The van der Waals surface area contributed by atoms with Crippen LogP contribution in [-0.4, -0.2) is 19.3 Å². The van der Waals surface area contributed by atoms with E-state index >= 15 is 0 Å². The minimum atomic E-state index is 0.233. The molecule has 1 aromatic carbocycles. The normalized spacial score (nSPS) is 10.6. The van der Waals surface area contributed by atoms with Gasteiger partial charge in [-0.3, -0.25) is 0 Å². The third kappa shape index (κ3) is 3.99. The molecular formula is C11H14ClO2. The van der Waals surface area contributed by atoms with Gasteiger partial charge in [-0.15, -0.1) is 0 Å². The van der Waals surface area contributed by atoms with E-state index in [1.54, 1.807) is 18.2 Å². The monoisotopic (exact) mass is 213 g/mol. The van der Waals surface area contributed by atoms with Gasteiger partial charge < -0.3 is 9.47 Å². The molecule has 0 aliphatic carbocycles. The van der Waals surface area contributed by atoms with Crippen molar-refractivity contribution in [1.29, 1.82) is 0 Å². The number of halogens is 1. The molecule has 0 spiro atoms. The Kier molecular flexibility index (Phi) is 4.77. The van der Waals surface area contributed by atoms with Gasteiger partial charge >= 0.3 is 0 Å². The van der Waals surface area contributed by atoms with Crippen LogP contribution in [0, 0.1) is 6.07 Å². The van der Waals surface area contributed by atoms with Gasteiger partial charge in [-0.1, -0.05) is 17.7 Å². The van der Waals surface area contributed by atoms with Crippen molar-refractivity contribution in [3.05, 3.63) is 29.3 Å². The number of hydrogen-bond donors (Lipinski definition) is 0. The standard InChI is InChI=1S/C11H14ClO2/c1-9(2)13-7-8-14-11-6-4-3-5-10(11)12/h3,5-6,9H,7-8H2,1-2H3. The van der Waals surface area contributed by atoms with E-state index in [9.17, 15) is 0 Å². The lowest BCUT2D eigenvalue weighted by atomic mass is 10.3. The van der Waals surface area contributed by atoms with Crippen LogP contribution in [-0.2, 0) is 4.74 Å². The van der Waals surface area contributed by atoms with Gasteiger partial charge in [-0.05, 0) is 32.0 Å².